The van der Waals surface area contributed by atoms with Crippen molar-refractivity contribution >= 4 is 59.9 Å². The van der Waals surface area contributed by atoms with Crippen LogP contribution in [0.15, 0.2) is 17.5 Å². The number of aryl methyl sites for hydroxylation is 1. The van der Waals surface area contributed by atoms with Gasteiger partial charge in [-0.3, -0.25) is 0 Å². The third kappa shape index (κ3) is 1.74. The summed E-state index contributed by atoms with van der Waals surface area (Å²) >= 11 is 7.82. The predicted molar refractivity (Wildman–Crippen MR) is 76.6 cm³/mol. The highest BCUT2D eigenvalue weighted by Crippen LogP contribution is 2.33. The van der Waals surface area contributed by atoms with Gasteiger partial charge in [-0.2, -0.15) is 0 Å². The Morgan fingerprint density at radius 3 is 2.86 bits per heavy atom. The largest absolute Gasteiger partial charge is 0.143 e. The molecule has 0 fully saturated rings. The number of rotatable bonds is 2. The summed E-state index contributed by atoms with van der Waals surface area (Å²) in [5.74, 6) is 0. The Morgan fingerprint density at radius 1 is 1.43 bits per heavy atom. The van der Waals surface area contributed by atoms with Crippen molar-refractivity contribution in [2.75, 3.05) is 0 Å². The molecule has 1 aromatic carbocycles. The molecule has 0 N–H and O–H groups in total. The topological polar surface area (TPSA) is 0 Å². The molecule has 0 unspecified atom stereocenters. The van der Waals surface area contributed by atoms with Gasteiger partial charge in [0.15, 0.2) is 0 Å². The Kier molecular flexibility index (Phi) is 3.50. The standard InChI is InChI=1S/C11H10BrIS/c1-2-8-7(5-12)3-4-10-11(8)9(13)6-14-10/h3-4,6H,2,5H2,1H3. The number of benzene rings is 1. The second-order valence-electron chi connectivity index (χ2n) is 3.15. The number of hydrogen-bond donors (Lipinski definition) is 0. The zero-order valence-corrected chi connectivity index (χ0v) is 12.4. The molecule has 0 radical (unpaired) electrons. The van der Waals surface area contributed by atoms with Crippen molar-refractivity contribution in [3.8, 4) is 0 Å². The van der Waals surface area contributed by atoms with Crippen molar-refractivity contribution in [1.29, 1.82) is 0 Å². The zero-order chi connectivity index (χ0) is 10.1. The molecule has 0 spiro atoms. The molecular weight excluding hydrogens is 371 g/mol. The Hall–Kier alpha value is 0.390. The molecule has 0 bridgehead atoms. The van der Waals surface area contributed by atoms with Crippen LogP contribution in [-0.4, -0.2) is 0 Å². The van der Waals surface area contributed by atoms with E-state index in [1.54, 1.807) is 0 Å². The quantitative estimate of drug-likeness (QED) is 0.510. The summed E-state index contributed by atoms with van der Waals surface area (Å²) in [4.78, 5) is 0. The second kappa shape index (κ2) is 4.49. The van der Waals surface area contributed by atoms with E-state index in [9.17, 15) is 0 Å². The summed E-state index contributed by atoms with van der Waals surface area (Å²) in [5, 5.41) is 4.66. The lowest BCUT2D eigenvalue weighted by atomic mass is 10.0. The maximum atomic E-state index is 3.55. The lowest BCUT2D eigenvalue weighted by molar-refractivity contribution is 1.12. The Balaban J connectivity index is 2.81. The molecule has 2 rings (SSSR count). The summed E-state index contributed by atoms with van der Waals surface area (Å²) in [6.45, 7) is 2.23. The molecule has 0 aliphatic rings. The first-order valence-corrected chi connectivity index (χ1v) is 7.59. The summed E-state index contributed by atoms with van der Waals surface area (Å²) in [6.07, 6.45) is 1.12. The van der Waals surface area contributed by atoms with Gasteiger partial charge in [0, 0.05) is 24.4 Å². The summed E-state index contributed by atoms with van der Waals surface area (Å²) in [7, 11) is 0. The van der Waals surface area contributed by atoms with E-state index < -0.39 is 0 Å². The maximum Gasteiger partial charge on any atom is 0.0356 e. The molecule has 2 aromatic rings. The third-order valence-electron chi connectivity index (χ3n) is 2.40. The van der Waals surface area contributed by atoms with Gasteiger partial charge < -0.3 is 0 Å². The molecule has 0 nitrogen and oxygen atoms in total. The van der Waals surface area contributed by atoms with Gasteiger partial charge in [0.25, 0.3) is 0 Å². The van der Waals surface area contributed by atoms with Crippen LogP contribution in [0.2, 0.25) is 0 Å². The minimum absolute atomic E-state index is 0.956. The minimum Gasteiger partial charge on any atom is -0.143 e. The SMILES string of the molecule is CCc1c(CBr)ccc2scc(I)c12. The van der Waals surface area contributed by atoms with E-state index in [0.717, 1.165) is 11.8 Å². The lowest BCUT2D eigenvalue weighted by Crippen LogP contribution is -1.90. The van der Waals surface area contributed by atoms with E-state index in [2.05, 4.69) is 63.0 Å². The lowest BCUT2D eigenvalue weighted by Gasteiger charge is -2.06. The number of alkyl halides is 1. The van der Waals surface area contributed by atoms with Crippen LogP contribution in [-0.2, 0) is 11.8 Å². The van der Waals surface area contributed by atoms with Crippen LogP contribution < -0.4 is 0 Å². The highest BCUT2D eigenvalue weighted by Gasteiger charge is 2.09. The molecule has 0 atom stereocenters. The van der Waals surface area contributed by atoms with Crippen molar-refractivity contribution in [2.45, 2.75) is 18.7 Å². The second-order valence-corrected chi connectivity index (χ2v) is 5.78. The Bertz CT molecular complexity index is 462. The van der Waals surface area contributed by atoms with Crippen molar-refractivity contribution in [3.63, 3.8) is 0 Å². The van der Waals surface area contributed by atoms with Gasteiger partial charge in [-0.05, 0) is 46.2 Å². The fraction of sp³-hybridized carbons (Fsp3) is 0.273. The number of fused-ring (bicyclic) bond motifs is 1. The molecule has 0 amide bonds. The maximum absolute atomic E-state index is 3.55. The average molecular weight is 381 g/mol. The van der Waals surface area contributed by atoms with Gasteiger partial charge in [-0.25, -0.2) is 0 Å². The predicted octanol–water partition coefficient (Wildman–Crippen LogP) is 4.96. The van der Waals surface area contributed by atoms with E-state index in [0.29, 0.717) is 0 Å². The molecule has 74 valence electrons. The van der Waals surface area contributed by atoms with Gasteiger partial charge in [-0.15, -0.1) is 11.3 Å². The van der Waals surface area contributed by atoms with Gasteiger partial charge in [0.05, 0.1) is 0 Å². The molecule has 0 aliphatic carbocycles. The number of thiophene rings is 1. The van der Waals surface area contributed by atoms with Crippen LogP contribution in [0.4, 0.5) is 0 Å². The zero-order valence-electron chi connectivity index (χ0n) is 7.81. The summed E-state index contributed by atoms with van der Waals surface area (Å²) in [6, 6.07) is 4.47. The summed E-state index contributed by atoms with van der Waals surface area (Å²) < 4.78 is 2.80. The van der Waals surface area contributed by atoms with Crippen molar-refractivity contribution in [3.05, 3.63) is 32.2 Å². The summed E-state index contributed by atoms with van der Waals surface area (Å²) in [5.41, 5.74) is 2.93. The fourth-order valence-electron chi connectivity index (χ4n) is 1.73. The highest BCUT2D eigenvalue weighted by molar-refractivity contribution is 14.1. The first-order chi connectivity index (χ1) is 6.77. The van der Waals surface area contributed by atoms with Crippen LogP contribution in [0.1, 0.15) is 18.1 Å². The highest BCUT2D eigenvalue weighted by atomic mass is 127. The smallest absolute Gasteiger partial charge is 0.0356 e. The van der Waals surface area contributed by atoms with Gasteiger partial charge in [-0.1, -0.05) is 28.9 Å². The van der Waals surface area contributed by atoms with E-state index in [1.165, 1.54) is 24.8 Å². The van der Waals surface area contributed by atoms with Crippen molar-refractivity contribution < 1.29 is 0 Å². The monoisotopic (exact) mass is 380 g/mol. The first kappa shape index (κ1) is 10.9. The van der Waals surface area contributed by atoms with E-state index in [-0.39, 0.29) is 0 Å². The number of hydrogen-bond acceptors (Lipinski definition) is 1. The van der Waals surface area contributed by atoms with E-state index >= 15 is 0 Å². The van der Waals surface area contributed by atoms with Crippen LogP contribution in [0.25, 0.3) is 10.1 Å². The average Bonchev–Trinajstić information content (AvgIpc) is 2.59. The van der Waals surface area contributed by atoms with Crippen molar-refractivity contribution in [1.82, 2.24) is 0 Å². The molecule has 1 aromatic heterocycles. The molecule has 3 heteroatoms. The molecule has 0 aliphatic heterocycles. The van der Waals surface area contributed by atoms with Gasteiger partial charge >= 0.3 is 0 Å². The van der Waals surface area contributed by atoms with Crippen LogP contribution in [0, 0.1) is 3.57 Å². The van der Waals surface area contributed by atoms with Gasteiger partial charge in [0.2, 0.25) is 0 Å². The molecule has 14 heavy (non-hydrogen) atoms. The van der Waals surface area contributed by atoms with Gasteiger partial charge in [0.1, 0.15) is 0 Å². The van der Waals surface area contributed by atoms with Crippen molar-refractivity contribution in [2.24, 2.45) is 0 Å². The van der Waals surface area contributed by atoms with E-state index in [1.807, 2.05) is 11.3 Å². The first-order valence-electron chi connectivity index (χ1n) is 4.51. The molecule has 0 saturated heterocycles. The van der Waals surface area contributed by atoms with Crippen LogP contribution >= 0.6 is 49.9 Å². The molecule has 1 heterocycles. The van der Waals surface area contributed by atoms with E-state index in [4.69, 9.17) is 0 Å². The number of halogens is 2. The molecule has 0 saturated carbocycles. The van der Waals surface area contributed by atoms with Crippen LogP contribution in [0.3, 0.4) is 0 Å². The Labute approximate surface area is 110 Å². The Morgan fingerprint density at radius 2 is 2.21 bits per heavy atom. The normalized spacial score (nSPS) is 11.1. The fourth-order valence-corrected chi connectivity index (χ4v) is 4.28. The van der Waals surface area contributed by atoms with Crippen LogP contribution in [0.5, 0.6) is 0 Å². The minimum atomic E-state index is 0.956. The third-order valence-corrected chi connectivity index (χ3v) is 5.22. The molecular formula is C11H10BrIS.